The zero-order chi connectivity index (χ0) is 19.4. The number of carbonyl (C=O) groups is 1. The molecule has 27 heavy (non-hydrogen) atoms. The Morgan fingerprint density at radius 1 is 1.11 bits per heavy atom. The highest BCUT2D eigenvalue weighted by molar-refractivity contribution is 5.90. The van der Waals surface area contributed by atoms with E-state index in [1.807, 2.05) is 43.3 Å². The molecule has 0 saturated heterocycles. The van der Waals surface area contributed by atoms with E-state index in [0.29, 0.717) is 23.0 Å². The minimum absolute atomic E-state index is 0.124. The van der Waals surface area contributed by atoms with Crippen LogP contribution in [0.25, 0.3) is 11.4 Å². The van der Waals surface area contributed by atoms with Crippen LogP contribution in [0.3, 0.4) is 0 Å². The van der Waals surface area contributed by atoms with Crippen molar-refractivity contribution < 1.29 is 9.53 Å². The van der Waals surface area contributed by atoms with Gasteiger partial charge in [-0.05, 0) is 55.8 Å². The Bertz CT molecular complexity index is 1020. The highest BCUT2D eigenvalue weighted by Gasteiger charge is 2.13. The first-order chi connectivity index (χ1) is 13.0. The average Bonchev–Trinajstić information content (AvgIpc) is 2.64. The third-order valence-corrected chi connectivity index (χ3v) is 4.09. The van der Waals surface area contributed by atoms with Gasteiger partial charge in [0.05, 0.1) is 7.11 Å². The monoisotopic (exact) mass is 363 g/mol. The lowest BCUT2D eigenvalue weighted by atomic mass is 10.2. The maximum Gasteiger partial charge on any atom is 0.254 e. The van der Waals surface area contributed by atoms with Gasteiger partial charge in [0.15, 0.2) is 0 Å². The normalized spacial score (nSPS) is 10.5. The first kappa shape index (κ1) is 18.4. The van der Waals surface area contributed by atoms with Gasteiger partial charge in [0.25, 0.3) is 5.56 Å². The summed E-state index contributed by atoms with van der Waals surface area (Å²) in [7, 11) is 1.59. The highest BCUT2D eigenvalue weighted by atomic mass is 16.5. The van der Waals surface area contributed by atoms with Crippen LogP contribution >= 0.6 is 0 Å². The van der Waals surface area contributed by atoms with Gasteiger partial charge in [0.1, 0.15) is 18.1 Å². The first-order valence-corrected chi connectivity index (χ1v) is 8.55. The van der Waals surface area contributed by atoms with Gasteiger partial charge in [-0.3, -0.25) is 14.2 Å². The van der Waals surface area contributed by atoms with E-state index >= 15 is 0 Å². The average molecular weight is 363 g/mol. The van der Waals surface area contributed by atoms with Gasteiger partial charge in [-0.1, -0.05) is 12.1 Å². The predicted molar refractivity (Wildman–Crippen MR) is 105 cm³/mol. The number of aromatic nitrogens is 2. The fourth-order valence-corrected chi connectivity index (χ4v) is 2.80. The Morgan fingerprint density at radius 3 is 2.52 bits per heavy atom. The second-order valence-electron chi connectivity index (χ2n) is 6.29. The molecule has 0 saturated carbocycles. The maximum absolute atomic E-state index is 12.5. The molecule has 3 rings (SSSR count). The number of nitrogens with one attached hydrogen (secondary N) is 1. The summed E-state index contributed by atoms with van der Waals surface area (Å²) in [6.07, 6.45) is 0. The van der Waals surface area contributed by atoms with E-state index in [4.69, 9.17) is 4.74 Å². The minimum atomic E-state index is -0.289. The molecule has 3 aromatic rings. The van der Waals surface area contributed by atoms with Crippen LogP contribution in [0.5, 0.6) is 5.75 Å². The molecule has 6 nitrogen and oxygen atoms in total. The molecule has 1 heterocycles. The Balaban J connectivity index is 1.92. The van der Waals surface area contributed by atoms with Crippen LogP contribution < -0.4 is 15.6 Å². The molecule has 0 aliphatic heterocycles. The third-order valence-electron chi connectivity index (χ3n) is 4.09. The van der Waals surface area contributed by atoms with Crippen molar-refractivity contribution in [1.82, 2.24) is 9.55 Å². The van der Waals surface area contributed by atoms with Crippen molar-refractivity contribution in [3.05, 3.63) is 76.2 Å². The topological polar surface area (TPSA) is 73.2 Å². The Hall–Kier alpha value is -3.41. The van der Waals surface area contributed by atoms with Crippen molar-refractivity contribution in [2.45, 2.75) is 20.4 Å². The van der Waals surface area contributed by atoms with Crippen molar-refractivity contribution >= 4 is 11.6 Å². The molecule has 2 aromatic carbocycles. The number of methoxy groups -OCH3 is 1. The lowest BCUT2D eigenvalue weighted by Gasteiger charge is -2.13. The number of hydrogen-bond donors (Lipinski definition) is 1. The Labute approximate surface area is 157 Å². The number of nitrogens with zero attached hydrogens (tertiary/aromatic N) is 2. The molecule has 0 aliphatic carbocycles. The van der Waals surface area contributed by atoms with Gasteiger partial charge < -0.3 is 10.1 Å². The summed E-state index contributed by atoms with van der Waals surface area (Å²) in [5, 5.41) is 2.82. The number of amides is 1. The molecular formula is C21H21N3O3. The van der Waals surface area contributed by atoms with Gasteiger partial charge in [-0.15, -0.1) is 0 Å². The zero-order valence-electron chi connectivity index (χ0n) is 15.5. The SMILES string of the molecule is COc1ccc(-c2nc(C)cc(=O)n2CC(=O)Nc2cccc(C)c2)cc1. The summed E-state index contributed by atoms with van der Waals surface area (Å²) >= 11 is 0. The number of benzene rings is 2. The lowest BCUT2D eigenvalue weighted by Crippen LogP contribution is -2.29. The molecule has 0 aliphatic rings. The summed E-state index contributed by atoms with van der Waals surface area (Å²) < 4.78 is 6.55. The van der Waals surface area contributed by atoms with Crippen LogP contribution in [0.2, 0.25) is 0 Å². The summed E-state index contributed by atoms with van der Waals surface area (Å²) in [4.78, 5) is 29.5. The van der Waals surface area contributed by atoms with E-state index in [1.165, 1.54) is 10.6 Å². The van der Waals surface area contributed by atoms with Crippen LogP contribution in [-0.4, -0.2) is 22.6 Å². The van der Waals surface area contributed by atoms with Crippen LogP contribution in [0.1, 0.15) is 11.3 Å². The quantitative estimate of drug-likeness (QED) is 0.756. The summed E-state index contributed by atoms with van der Waals surface area (Å²) in [5.74, 6) is 0.864. The summed E-state index contributed by atoms with van der Waals surface area (Å²) in [5.41, 5.74) is 2.80. The smallest absolute Gasteiger partial charge is 0.254 e. The van der Waals surface area contributed by atoms with Crippen LogP contribution in [-0.2, 0) is 11.3 Å². The van der Waals surface area contributed by atoms with Gasteiger partial charge in [-0.25, -0.2) is 4.98 Å². The largest absolute Gasteiger partial charge is 0.497 e. The number of anilines is 1. The van der Waals surface area contributed by atoms with E-state index in [9.17, 15) is 9.59 Å². The second-order valence-corrected chi connectivity index (χ2v) is 6.29. The lowest BCUT2D eigenvalue weighted by molar-refractivity contribution is -0.116. The third kappa shape index (κ3) is 4.41. The maximum atomic E-state index is 12.5. The molecule has 0 radical (unpaired) electrons. The number of hydrogen-bond acceptors (Lipinski definition) is 4. The predicted octanol–water partition coefficient (Wildman–Crippen LogP) is 3.17. The van der Waals surface area contributed by atoms with E-state index in [-0.39, 0.29) is 18.0 Å². The van der Waals surface area contributed by atoms with Crippen molar-refractivity contribution in [1.29, 1.82) is 0 Å². The zero-order valence-corrected chi connectivity index (χ0v) is 15.5. The van der Waals surface area contributed by atoms with Crippen molar-refractivity contribution in [3.8, 4) is 17.1 Å². The van der Waals surface area contributed by atoms with E-state index in [0.717, 1.165) is 11.1 Å². The number of ether oxygens (including phenoxy) is 1. The highest BCUT2D eigenvalue weighted by Crippen LogP contribution is 2.20. The van der Waals surface area contributed by atoms with Crippen LogP contribution in [0, 0.1) is 13.8 Å². The molecule has 1 amide bonds. The van der Waals surface area contributed by atoms with Crippen molar-refractivity contribution in [3.63, 3.8) is 0 Å². The van der Waals surface area contributed by atoms with E-state index in [1.54, 1.807) is 26.2 Å². The van der Waals surface area contributed by atoms with Crippen LogP contribution in [0.15, 0.2) is 59.4 Å². The molecule has 138 valence electrons. The van der Waals surface area contributed by atoms with Gasteiger partial charge in [0, 0.05) is 23.0 Å². The van der Waals surface area contributed by atoms with Gasteiger partial charge in [0.2, 0.25) is 5.91 Å². The summed E-state index contributed by atoms with van der Waals surface area (Å²) in [6, 6.07) is 16.1. The molecular weight excluding hydrogens is 342 g/mol. The second kappa shape index (κ2) is 7.86. The Morgan fingerprint density at radius 2 is 1.85 bits per heavy atom. The molecule has 1 N–H and O–H groups in total. The number of carbonyl (C=O) groups excluding carboxylic acids is 1. The molecule has 0 bridgehead atoms. The van der Waals surface area contributed by atoms with Crippen molar-refractivity contribution in [2.24, 2.45) is 0 Å². The molecule has 0 fully saturated rings. The Kier molecular flexibility index (Phi) is 5.35. The fourth-order valence-electron chi connectivity index (χ4n) is 2.80. The number of aryl methyl sites for hydroxylation is 2. The molecule has 1 aromatic heterocycles. The molecule has 0 spiro atoms. The van der Waals surface area contributed by atoms with E-state index < -0.39 is 0 Å². The summed E-state index contributed by atoms with van der Waals surface area (Å²) in [6.45, 7) is 3.58. The minimum Gasteiger partial charge on any atom is -0.497 e. The number of rotatable bonds is 5. The van der Waals surface area contributed by atoms with E-state index in [2.05, 4.69) is 10.3 Å². The standard InChI is InChI=1S/C21H21N3O3/c1-14-5-4-6-17(11-14)23-19(25)13-24-20(26)12-15(2)22-21(24)16-7-9-18(27-3)10-8-16/h4-12H,13H2,1-3H3,(H,23,25). The van der Waals surface area contributed by atoms with Gasteiger partial charge in [-0.2, -0.15) is 0 Å². The fraction of sp³-hybridized carbons (Fsp3) is 0.190. The molecule has 0 atom stereocenters. The van der Waals surface area contributed by atoms with Crippen LogP contribution in [0.4, 0.5) is 5.69 Å². The molecule has 6 heteroatoms. The first-order valence-electron chi connectivity index (χ1n) is 8.55. The van der Waals surface area contributed by atoms with Gasteiger partial charge >= 0.3 is 0 Å². The molecule has 0 unspecified atom stereocenters. The van der Waals surface area contributed by atoms with Crippen molar-refractivity contribution in [2.75, 3.05) is 12.4 Å².